The Morgan fingerprint density at radius 3 is 2.86 bits per heavy atom. The van der Waals surface area contributed by atoms with Gasteiger partial charge in [0.05, 0.1) is 25.0 Å². The summed E-state index contributed by atoms with van der Waals surface area (Å²) < 4.78 is 0. The van der Waals surface area contributed by atoms with Crippen molar-refractivity contribution in [3.05, 3.63) is 25.3 Å². The maximum Gasteiger partial charge on any atom is 0.149 e. The number of ketones is 1. The number of nitrogens with zero attached hydrogens (tertiary/aromatic N) is 2. The molecule has 0 aromatic carbocycles. The zero-order chi connectivity index (χ0) is 10.6. The van der Waals surface area contributed by atoms with Gasteiger partial charge in [-0.25, -0.2) is 0 Å². The van der Waals surface area contributed by atoms with Crippen LogP contribution in [-0.4, -0.2) is 35.7 Å². The number of Topliss-reactive ketones (excluding diaryl/α,β-unsaturated/α-hetero) is 1. The molecule has 0 saturated heterocycles. The SMILES string of the molecule is C=CCC1N=CN(CC(C)=O)C1C=C. The fourth-order valence-electron chi connectivity index (χ4n) is 1.62. The third-order valence-corrected chi connectivity index (χ3v) is 2.24. The molecule has 3 nitrogen and oxygen atoms in total. The minimum atomic E-state index is 0.136. The van der Waals surface area contributed by atoms with Gasteiger partial charge in [0.1, 0.15) is 5.78 Å². The van der Waals surface area contributed by atoms with E-state index < -0.39 is 0 Å². The van der Waals surface area contributed by atoms with Crippen LogP contribution < -0.4 is 0 Å². The van der Waals surface area contributed by atoms with Crippen LogP contribution in [-0.2, 0) is 4.79 Å². The second-order valence-electron chi connectivity index (χ2n) is 3.46. The van der Waals surface area contributed by atoms with Crippen LogP contribution >= 0.6 is 0 Å². The Kier molecular flexibility index (Phi) is 3.63. The molecule has 1 aliphatic rings. The van der Waals surface area contributed by atoms with Gasteiger partial charge in [-0.2, -0.15) is 0 Å². The second-order valence-corrected chi connectivity index (χ2v) is 3.46. The van der Waals surface area contributed by atoms with Crippen molar-refractivity contribution in [2.45, 2.75) is 25.4 Å². The summed E-state index contributed by atoms with van der Waals surface area (Å²) in [4.78, 5) is 17.2. The highest BCUT2D eigenvalue weighted by atomic mass is 16.1. The first-order valence-corrected chi connectivity index (χ1v) is 4.71. The first-order chi connectivity index (χ1) is 6.69. The van der Waals surface area contributed by atoms with Crippen LogP contribution in [0, 0.1) is 0 Å². The van der Waals surface area contributed by atoms with Crippen LogP contribution in [0.25, 0.3) is 0 Å². The highest BCUT2D eigenvalue weighted by Gasteiger charge is 2.27. The lowest BCUT2D eigenvalue weighted by molar-refractivity contribution is -0.117. The number of hydrogen-bond donors (Lipinski definition) is 0. The standard InChI is InChI=1S/C11H16N2O/c1-4-6-10-11(5-2)13(8-12-10)7-9(3)14/h4-5,8,10-11H,1-2,6-7H2,3H3. The lowest BCUT2D eigenvalue weighted by atomic mass is 10.1. The summed E-state index contributed by atoms with van der Waals surface area (Å²) in [5.74, 6) is 0.141. The lowest BCUT2D eigenvalue weighted by Crippen LogP contribution is -2.37. The predicted molar refractivity (Wildman–Crippen MR) is 58.5 cm³/mol. The monoisotopic (exact) mass is 192 g/mol. The van der Waals surface area contributed by atoms with Crippen LogP contribution in [0.5, 0.6) is 0 Å². The Bertz CT molecular complexity index is 270. The highest BCUT2D eigenvalue weighted by molar-refractivity contribution is 5.80. The van der Waals surface area contributed by atoms with Crippen molar-refractivity contribution in [3.63, 3.8) is 0 Å². The van der Waals surface area contributed by atoms with Gasteiger partial charge >= 0.3 is 0 Å². The molecule has 0 aromatic rings. The summed E-state index contributed by atoms with van der Waals surface area (Å²) >= 11 is 0. The van der Waals surface area contributed by atoms with Crippen molar-refractivity contribution >= 4 is 12.1 Å². The molecule has 2 atom stereocenters. The zero-order valence-corrected chi connectivity index (χ0v) is 8.52. The van der Waals surface area contributed by atoms with Crippen molar-refractivity contribution < 1.29 is 4.79 Å². The third-order valence-electron chi connectivity index (χ3n) is 2.24. The van der Waals surface area contributed by atoms with Gasteiger partial charge in [-0.3, -0.25) is 9.79 Å². The molecule has 0 saturated carbocycles. The Morgan fingerprint density at radius 2 is 2.36 bits per heavy atom. The molecule has 2 unspecified atom stereocenters. The van der Waals surface area contributed by atoms with Gasteiger partial charge in [0.2, 0.25) is 0 Å². The zero-order valence-electron chi connectivity index (χ0n) is 8.52. The maximum atomic E-state index is 11.0. The minimum Gasteiger partial charge on any atom is -0.347 e. The highest BCUT2D eigenvalue weighted by Crippen LogP contribution is 2.17. The predicted octanol–water partition coefficient (Wildman–Crippen LogP) is 1.42. The van der Waals surface area contributed by atoms with E-state index in [2.05, 4.69) is 18.2 Å². The summed E-state index contributed by atoms with van der Waals surface area (Å²) in [7, 11) is 0. The molecule has 1 rings (SSSR count). The van der Waals surface area contributed by atoms with Crippen molar-refractivity contribution in [1.29, 1.82) is 0 Å². The molecule has 0 aliphatic carbocycles. The smallest absolute Gasteiger partial charge is 0.149 e. The normalized spacial score (nSPS) is 25.1. The molecular weight excluding hydrogens is 176 g/mol. The summed E-state index contributed by atoms with van der Waals surface area (Å²) in [5, 5.41) is 0. The van der Waals surface area contributed by atoms with Crippen molar-refractivity contribution in [3.8, 4) is 0 Å². The molecule has 3 heteroatoms. The molecular formula is C11H16N2O. The van der Waals surface area contributed by atoms with E-state index >= 15 is 0 Å². The topological polar surface area (TPSA) is 32.7 Å². The van der Waals surface area contributed by atoms with E-state index in [1.165, 1.54) is 0 Å². The van der Waals surface area contributed by atoms with Gasteiger partial charge in [0.15, 0.2) is 0 Å². The minimum absolute atomic E-state index is 0.136. The number of rotatable bonds is 5. The molecule has 1 aliphatic heterocycles. The molecule has 0 bridgehead atoms. The van der Waals surface area contributed by atoms with Crippen molar-refractivity contribution in [1.82, 2.24) is 4.90 Å². The van der Waals surface area contributed by atoms with E-state index in [-0.39, 0.29) is 17.9 Å². The summed E-state index contributed by atoms with van der Waals surface area (Å²) in [6, 6.07) is 0.307. The van der Waals surface area contributed by atoms with Gasteiger partial charge in [-0.1, -0.05) is 12.2 Å². The van der Waals surface area contributed by atoms with Gasteiger partial charge < -0.3 is 4.90 Å². The van der Waals surface area contributed by atoms with Gasteiger partial charge in [-0.15, -0.1) is 13.2 Å². The number of aliphatic imine (C=N–C) groups is 1. The quantitative estimate of drug-likeness (QED) is 0.617. The van der Waals surface area contributed by atoms with Crippen LogP contribution in [0.1, 0.15) is 13.3 Å². The fraction of sp³-hybridized carbons (Fsp3) is 0.455. The molecule has 0 N–H and O–H groups in total. The van der Waals surface area contributed by atoms with E-state index in [0.717, 1.165) is 6.42 Å². The van der Waals surface area contributed by atoms with E-state index in [0.29, 0.717) is 6.54 Å². The average Bonchev–Trinajstić information content (AvgIpc) is 2.47. The number of hydrogen-bond acceptors (Lipinski definition) is 3. The average molecular weight is 192 g/mol. The van der Waals surface area contributed by atoms with E-state index in [9.17, 15) is 4.79 Å². The Morgan fingerprint density at radius 1 is 1.64 bits per heavy atom. The van der Waals surface area contributed by atoms with Gasteiger partial charge in [-0.05, 0) is 13.3 Å². The van der Waals surface area contributed by atoms with Gasteiger partial charge in [0.25, 0.3) is 0 Å². The van der Waals surface area contributed by atoms with E-state index in [1.807, 2.05) is 17.1 Å². The fourth-order valence-corrected chi connectivity index (χ4v) is 1.62. The Balaban J connectivity index is 2.63. The van der Waals surface area contributed by atoms with Crippen molar-refractivity contribution in [2.75, 3.05) is 6.54 Å². The number of carbonyl (C=O) groups excluding carboxylic acids is 1. The van der Waals surface area contributed by atoms with Crippen LogP contribution in [0.3, 0.4) is 0 Å². The van der Waals surface area contributed by atoms with Crippen LogP contribution in [0.4, 0.5) is 0 Å². The molecule has 0 radical (unpaired) electrons. The molecule has 0 fully saturated rings. The maximum absolute atomic E-state index is 11.0. The molecule has 0 aromatic heterocycles. The first kappa shape index (κ1) is 10.7. The summed E-state index contributed by atoms with van der Waals surface area (Å²) in [6.07, 6.45) is 6.24. The summed E-state index contributed by atoms with van der Waals surface area (Å²) in [6.45, 7) is 9.44. The lowest BCUT2D eigenvalue weighted by Gasteiger charge is -2.23. The molecule has 0 amide bonds. The van der Waals surface area contributed by atoms with Crippen LogP contribution in [0.2, 0.25) is 0 Å². The largest absolute Gasteiger partial charge is 0.347 e. The van der Waals surface area contributed by atoms with Gasteiger partial charge in [0, 0.05) is 0 Å². The summed E-state index contributed by atoms with van der Waals surface area (Å²) in [5.41, 5.74) is 0. The molecule has 1 heterocycles. The Hall–Kier alpha value is -1.38. The van der Waals surface area contributed by atoms with Crippen LogP contribution in [0.15, 0.2) is 30.3 Å². The van der Waals surface area contributed by atoms with E-state index in [1.54, 1.807) is 13.3 Å². The molecule has 0 spiro atoms. The Labute approximate surface area is 84.8 Å². The third kappa shape index (κ3) is 2.31. The number of carbonyl (C=O) groups is 1. The van der Waals surface area contributed by atoms with Crippen molar-refractivity contribution in [2.24, 2.45) is 4.99 Å². The molecule has 14 heavy (non-hydrogen) atoms. The van der Waals surface area contributed by atoms with E-state index in [4.69, 9.17) is 0 Å². The molecule has 76 valence electrons. The first-order valence-electron chi connectivity index (χ1n) is 4.71. The second kappa shape index (κ2) is 4.74.